The molecule has 0 atom stereocenters. The van der Waals surface area contributed by atoms with Crippen LogP contribution < -0.4 is 4.90 Å². The summed E-state index contributed by atoms with van der Waals surface area (Å²) in [7, 11) is 0. The number of hydrogen-bond donors (Lipinski definition) is 0. The van der Waals surface area contributed by atoms with Crippen molar-refractivity contribution in [2.45, 2.75) is 0 Å². The molecule has 4 rings (SSSR count). The van der Waals surface area contributed by atoms with Crippen molar-refractivity contribution in [3.05, 3.63) is 57.9 Å². The molecule has 1 fully saturated rings. The lowest BCUT2D eigenvalue weighted by molar-refractivity contribution is -0.385. The molecule has 0 radical (unpaired) electrons. The summed E-state index contributed by atoms with van der Waals surface area (Å²) in [6, 6.07) is 5.87. The van der Waals surface area contributed by atoms with Gasteiger partial charge in [-0.3, -0.25) is 29.5 Å². The molecule has 27 heavy (non-hydrogen) atoms. The summed E-state index contributed by atoms with van der Waals surface area (Å²) in [6.07, 6.45) is 3.36. The third kappa shape index (κ3) is 2.99. The number of aromatic nitrogens is 2. The minimum Gasteiger partial charge on any atom is -0.338 e. The summed E-state index contributed by atoms with van der Waals surface area (Å²) >= 11 is 0. The third-order valence-electron chi connectivity index (χ3n) is 4.72. The Balaban J connectivity index is 1.45. The molecule has 0 saturated carbocycles. The molecule has 2 aliphatic heterocycles. The van der Waals surface area contributed by atoms with E-state index < -0.39 is 16.7 Å². The Morgan fingerprint density at radius 3 is 2.37 bits per heavy atom. The minimum atomic E-state index is -0.633. The topological polar surface area (TPSA) is 113 Å². The maximum Gasteiger partial charge on any atom is 0.282 e. The average molecular weight is 368 g/mol. The number of anilines is 1. The van der Waals surface area contributed by atoms with Crippen LogP contribution in [0.3, 0.4) is 0 Å². The van der Waals surface area contributed by atoms with Gasteiger partial charge in [0.05, 0.1) is 17.2 Å². The van der Waals surface area contributed by atoms with Crippen LogP contribution in [0.5, 0.6) is 0 Å². The zero-order valence-corrected chi connectivity index (χ0v) is 14.3. The van der Waals surface area contributed by atoms with E-state index in [4.69, 9.17) is 0 Å². The number of amides is 2. The number of nitro groups is 1. The van der Waals surface area contributed by atoms with Crippen molar-refractivity contribution >= 4 is 23.5 Å². The third-order valence-corrected chi connectivity index (χ3v) is 4.72. The van der Waals surface area contributed by atoms with Gasteiger partial charge in [-0.05, 0) is 12.1 Å². The molecule has 0 unspecified atom stereocenters. The number of imide groups is 1. The number of carbonyl (C=O) groups is 2. The SMILES string of the molecule is O=C1c2cccc([N+](=O)[O-])c2C(=O)N1CN1CCN(c2ncccn2)CC1. The van der Waals surface area contributed by atoms with Gasteiger partial charge in [0.15, 0.2) is 0 Å². The maximum atomic E-state index is 12.6. The first-order valence-corrected chi connectivity index (χ1v) is 8.44. The number of carbonyl (C=O) groups excluding carboxylic acids is 2. The number of nitrogens with zero attached hydrogens (tertiary/aromatic N) is 6. The highest BCUT2D eigenvalue weighted by Crippen LogP contribution is 2.30. The molecule has 0 N–H and O–H groups in total. The lowest BCUT2D eigenvalue weighted by Gasteiger charge is -2.35. The molecular weight excluding hydrogens is 352 g/mol. The number of nitro benzene ring substituents is 1. The van der Waals surface area contributed by atoms with Gasteiger partial charge in [-0.25, -0.2) is 9.97 Å². The Morgan fingerprint density at radius 2 is 1.70 bits per heavy atom. The van der Waals surface area contributed by atoms with Gasteiger partial charge >= 0.3 is 0 Å². The van der Waals surface area contributed by atoms with E-state index >= 15 is 0 Å². The summed E-state index contributed by atoms with van der Waals surface area (Å²) in [5.74, 6) is -0.461. The number of fused-ring (bicyclic) bond motifs is 1. The van der Waals surface area contributed by atoms with E-state index in [0.717, 1.165) is 4.90 Å². The quantitative estimate of drug-likeness (QED) is 0.442. The van der Waals surface area contributed by atoms with Gasteiger partial charge in [0, 0.05) is 44.6 Å². The van der Waals surface area contributed by atoms with E-state index in [2.05, 4.69) is 9.97 Å². The minimum absolute atomic E-state index is 0.0884. The predicted octanol–water partition coefficient (Wildman–Crippen LogP) is 0.760. The summed E-state index contributed by atoms with van der Waals surface area (Å²) < 4.78 is 0. The van der Waals surface area contributed by atoms with Gasteiger partial charge in [-0.15, -0.1) is 0 Å². The summed E-state index contributed by atoms with van der Waals surface area (Å²) in [5.41, 5.74) is -0.367. The predicted molar refractivity (Wildman–Crippen MR) is 94.3 cm³/mol. The second-order valence-electron chi connectivity index (χ2n) is 6.29. The standard InChI is InChI=1S/C17H16N6O4/c24-15-12-3-1-4-13(23(26)27)14(12)16(25)22(15)11-20-7-9-21(10-8-20)17-18-5-2-6-19-17/h1-6H,7-11H2. The lowest BCUT2D eigenvalue weighted by atomic mass is 10.1. The highest BCUT2D eigenvalue weighted by molar-refractivity contribution is 6.23. The van der Waals surface area contributed by atoms with Crippen LogP contribution in [0.15, 0.2) is 36.7 Å². The fraction of sp³-hybridized carbons (Fsp3) is 0.294. The van der Waals surface area contributed by atoms with Gasteiger partial charge in [-0.1, -0.05) is 6.07 Å². The zero-order chi connectivity index (χ0) is 19.0. The Labute approximate surface area is 154 Å². The van der Waals surface area contributed by atoms with E-state index in [9.17, 15) is 19.7 Å². The Morgan fingerprint density at radius 1 is 1.00 bits per heavy atom. The van der Waals surface area contributed by atoms with Crippen LogP contribution in [0, 0.1) is 10.1 Å². The van der Waals surface area contributed by atoms with E-state index in [1.165, 1.54) is 18.2 Å². The second kappa shape index (κ2) is 6.72. The van der Waals surface area contributed by atoms with Crippen LogP contribution in [0.25, 0.3) is 0 Å². The highest BCUT2D eigenvalue weighted by atomic mass is 16.6. The van der Waals surface area contributed by atoms with Crippen molar-refractivity contribution < 1.29 is 14.5 Å². The number of rotatable bonds is 4. The van der Waals surface area contributed by atoms with Crippen LogP contribution in [0.1, 0.15) is 20.7 Å². The van der Waals surface area contributed by atoms with Crippen LogP contribution in [-0.2, 0) is 0 Å². The molecule has 0 bridgehead atoms. The smallest absolute Gasteiger partial charge is 0.282 e. The normalized spacial score (nSPS) is 17.3. The van der Waals surface area contributed by atoms with Crippen molar-refractivity contribution in [2.75, 3.05) is 37.7 Å². The molecule has 138 valence electrons. The molecule has 10 heteroatoms. The fourth-order valence-electron chi connectivity index (χ4n) is 3.34. The van der Waals surface area contributed by atoms with Crippen LogP contribution in [-0.4, -0.2) is 69.4 Å². The van der Waals surface area contributed by atoms with Gasteiger partial charge in [0.25, 0.3) is 17.5 Å². The van der Waals surface area contributed by atoms with Gasteiger partial charge < -0.3 is 4.90 Å². The van der Waals surface area contributed by atoms with Crippen LogP contribution in [0.4, 0.5) is 11.6 Å². The van der Waals surface area contributed by atoms with Crippen molar-refractivity contribution in [1.82, 2.24) is 19.8 Å². The zero-order valence-electron chi connectivity index (χ0n) is 14.3. The first-order chi connectivity index (χ1) is 13.1. The van der Waals surface area contributed by atoms with Crippen molar-refractivity contribution in [1.29, 1.82) is 0 Å². The number of piperazine rings is 1. The van der Waals surface area contributed by atoms with Gasteiger partial charge in [-0.2, -0.15) is 0 Å². The first kappa shape index (κ1) is 17.0. The molecule has 2 amide bonds. The number of benzene rings is 1. The monoisotopic (exact) mass is 368 g/mol. The Bertz CT molecular complexity index is 911. The summed E-state index contributed by atoms with van der Waals surface area (Å²) in [6.45, 7) is 2.66. The van der Waals surface area contributed by atoms with E-state index in [1.54, 1.807) is 18.5 Å². The van der Waals surface area contributed by atoms with Crippen molar-refractivity contribution in [3.8, 4) is 0 Å². The van der Waals surface area contributed by atoms with Gasteiger partial charge in [0.1, 0.15) is 5.56 Å². The first-order valence-electron chi connectivity index (χ1n) is 8.44. The molecule has 0 spiro atoms. The molecule has 1 aromatic heterocycles. The lowest BCUT2D eigenvalue weighted by Crippen LogP contribution is -2.51. The highest BCUT2D eigenvalue weighted by Gasteiger charge is 2.41. The molecule has 2 aromatic rings. The van der Waals surface area contributed by atoms with Gasteiger partial charge in [0.2, 0.25) is 5.95 Å². The Kier molecular flexibility index (Phi) is 4.24. The Hall–Kier alpha value is -3.40. The van der Waals surface area contributed by atoms with E-state index in [0.29, 0.717) is 32.1 Å². The fourth-order valence-corrected chi connectivity index (χ4v) is 3.34. The summed E-state index contributed by atoms with van der Waals surface area (Å²) in [4.78, 5) is 49.3. The number of hydrogen-bond acceptors (Lipinski definition) is 8. The molecule has 10 nitrogen and oxygen atoms in total. The molecule has 1 saturated heterocycles. The van der Waals surface area contributed by atoms with Crippen molar-refractivity contribution in [3.63, 3.8) is 0 Å². The average Bonchev–Trinajstić information content (AvgIpc) is 2.94. The summed E-state index contributed by atoms with van der Waals surface area (Å²) in [5, 5.41) is 11.2. The molecular formula is C17H16N6O4. The molecule has 3 heterocycles. The molecule has 2 aliphatic rings. The second-order valence-corrected chi connectivity index (χ2v) is 6.29. The van der Waals surface area contributed by atoms with Crippen LogP contribution in [0.2, 0.25) is 0 Å². The molecule has 1 aromatic carbocycles. The largest absolute Gasteiger partial charge is 0.338 e. The maximum absolute atomic E-state index is 12.6. The van der Waals surface area contributed by atoms with Crippen LogP contribution >= 0.6 is 0 Å². The van der Waals surface area contributed by atoms with E-state index in [1.807, 2.05) is 9.80 Å². The molecule has 0 aliphatic carbocycles. The van der Waals surface area contributed by atoms with Crippen molar-refractivity contribution in [2.24, 2.45) is 0 Å². The van der Waals surface area contributed by atoms with E-state index in [-0.39, 0.29) is 23.5 Å².